The molecule has 0 unspecified atom stereocenters. The van der Waals surface area contributed by atoms with E-state index >= 15 is 0 Å². The molecule has 1 aromatic carbocycles. The average molecular weight is 241 g/mol. The Kier molecular flexibility index (Phi) is 11.6. The summed E-state index contributed by atoms with van der Waals surface area (Å²) in [5.41, 5.74) is 0. The van der Waals surface area contributed by atoms with Gasteiger partial charge in [0.15, 0.2) is 0 Å². The highest BCUT2D eigenvalue weighted by atomic mass is 35.5. The molecule has 0 N–H and O–H groups in total. The van der Waals surface area contributed by atoms with Crippen LogP contribution in [0, 0.1) is 0 Å². The van der Waals surface area contributed by atoms with Crippen LogP contribution in [0.2, 0.25) is 0 Å². The molecule has 0 aromatic heterocycles. The third-order valence-corrected chi connectivity index (χ3v) is 2.33. The summed E-state index contributed by atoms with van der Waals surface area (Å²) in [6.45, 7) is 2.17. The first-order valence-electron chi connectivity index (χ1n) is 5.95. The maximum absolute atomic E-state index is 10.2. The molecular formula is C14H21ClO. The number of hydrogen-bond donors (Lipinski definition) is 0. The quantitative estimate of drug-likeness (QED) is 0.516. The predicted octanol–water partition coefficient (Wildman–Crippen LogP) is 4.80. The van der Waals surface area contributed by atoms with E-state index in [0.29, 0.717) is 6.42 Å². The van der Waals surface area contributed by atoms with E-state index in [2.05, 4.69) is 6.92 Å². The van der Waals surface area contributed by atoms with Crippen LogP contribution in [-0.2, 0) is 4.79 Å². The highest BCUT2D eigenvalue weighted by molar-refractivity contribution is 6.63. The summed E-state index contributed by atoms with van der Waals surface area (Å²) in [5, 5.41) is -0.198. The Bertz CT molecular complexity index is 219. The molecule has 0 aliphatic rings. The molecule has 0 fully saturated rings. The maximum atomic E-state index is 10.2. The lowest BCUT2D eigenvalue weighted by Gasteiger charge is -1.95. The van der Waals surface area contributed by atoms with Gasteiger partial charge in [-0.1, -0.05) is 69.0 Å². The van der Waals surface area contributed by atoms with Gasteiger partial charge in [-0.3, -0.25) is 4.79 Å². The molecule has 0 spiro atoms. The van der Waals surface area contributed by atoms with Gasteiger partial charge in [0.1, 0.15) is 0 Å². The van der Waals surface area contributed by atoms with Gasteiger partial charge in [0, 0.05) is 6.42 Å². The first kappa shape index (κ1) is 15.2. The second-order valence-electron chi connectivity index (χ2n) is 3.67. The van der Waals surface area contributed by atoms with Crippen molar-refractivity contribution in [1.82, 2.24) is 0 Å². The van der Waals surface area contributed by atoms with Crippen LogP contribution in [0.25, 0.3) is 0 Å². The summed E-state index contributed by atoms with van der Waals surface area (Å²) >= 11 is 5.15. The zero-order valence-electron chi connectivity index (χ0n) is 9.99. The van der Waals surface area contributed by atoms with Crippen LogP contribution >= 0.6 is 11.6 Å². The Morgan fingerprint density at radius 3 is 1.69 bits per heavy atom. The van der Waals surface area contributed by atoms with Crippen LogP contribution < -0.4 is 0 Å². The van der Waals surface area contributed by atoms with Crippen molar-refractivity contribution in [3.63, 3.8) is 0 Å². The van der Waals surface area contributed by atoms with Gasteiger partial charge in [-0.05, 0) is 18.0 Å². The molecule has 16 heavy (non-hydrogen) atoms. The van der Waals surface area contributed by atoms with E-state index < -0.39 is 0 Å². The van der Waals surface area contributed by atoms with Crippen LogP contribution in [0.5, 0.6) is 0 Å². The number of rotatable bonds is 6. The van der Waals surface area contributed by atoms with E-state index in [1.807, 2.05) is 36.4 Å². The van der Waals surface area contributed by atoms with Gasteiger partial charge in [0.2, 0.25) is 5.24 Å². The van der Waals surface area contributed by atoms with Crippen LogP contribution in [0.1, 0.15) is 45.4 Å². The molecule has 0 radical (unpaired) electrons. The lowest BCUT2D eigenvalue weighted by Crippen LogP contribution is -1.85. The fourth-order valence-corrected chi connectivity index (χ4v) is 1.39. The molecule has 0 amide bonds. The summed E-state index contributed by atoms with van der Waals surface area (Å²) < 4.78 is 0. The maximum Gasteiger partial charge on any atom is 0.221 e. The molecule has 0 heterocycles. The van der Waals surface area contributed by atoms with Crippen molar-refractivity contribution >= 4 is 16.8 Å². The first-order chi connectivity index (χ1) is 7.77. The van der Waals surface area contributed by atoms with Crippen LogP contribution in [0.15, 0.2) is 36.4 Å². The van der Waals surface area contributed by atoms with Crippen molar-refractivity contribution in [3.05, 3.63) is 36.4 Å². The lowest BCUT2D eigenvalue weighted by atomic mass is 10.1. The SMILES string of the molecule is CCCCCCCC(=O)Cl.c1ccccc1. The van der Waals surface area contributed by atoms with Gasteiger partial charge >= 0.3 is 0 Å². The summed E-state index contributed by atoms with van der Waals surface area (Å²) in [5.74, 6) is 0. The van der Waals surface area contributed by atoms with Gasteiger partial charge in [-0.15, -0.1) is 0 Å². The van der Waals surface area contributed by atoms with E-state index in [1.165, 1.54) is 19.3 Å². The largest absolute Gasteiger partial charge is 0.281 e. The average Bonchev–Trinajstić information content (AvgIpc) is 2.31. The minimum absolute atomic E-state index is 0.198. The van der Waals surface area contributed by atoms with Crippen LogP contribution in [0.3, 0.4) is 0 Å². The monoisotopic (exact) mass is 240 g/mol. The second kappa shape index (κ2) is 12.3. The van der Waals surface area contributed by atoms with Crippen molar-refractivity contribution in [2.24, 2.45) is 0 Å². The van der Waals surface area contributed by atoms with E-state index in [0.717, 1.165) is 12.8 Å². The van der Waals surface area contributed by atoms with E-state index in [4.69, 9.17) is 11.6 Å². The Morgan fingerprint density at radius 1 is 0.875 bits per heavy atom. The molecule has 1 aromatic rings. The van der Waals surface area contributed by atoms with Crippen molar-refractivity contribution in [2.45, 2.75) is 45.4 Å². The zero-order chi connectivity index (χ0) is 12.1. The third kappa shape index (κ3) is 13.2. The van der Waals surface area contributed by atoms with Crippen molar-refractivity contribution < 1.29 is 4.79 Å². The topological polar surface area (TPSA) is 17.1 Å². The van der Waals surface area contributed by atoms with E-state index in [1.54, 1.807) is 0 Å². The van der Waals surface area contributed by atoms with Gasteiger partial charge < -0.3 is 0 Å². The van der Waals surface area contributed by atoms with Crippen LogP contribution in [0.4, 0.5) is 0 Å². The van der Waals surface area contributed by atoms with Crippen molar-refractivity contribution in [2.75, 3.05) is 0 Å². The number of carbonyl (C=O) groups is 1. The number of benzene rings is 1. The first-order valence-corrected chi connectivity index (χ1v) is 6.33. The van der Waals surface area contributed by atoms with E-state index in [-0.39, 0.29) is 5.24 Å². The fraction of sp³-hybridized carbons (Fsp3) is 0.500. The number of carbonyl (C=O) groups excluding carboxylic acids is 1. The molecule has 0 saturated heterocycles. The number of halogens is 1. The molecule has 90 valence electrons. The third-order valence-electron chi connectivity index (χ3n) is 2.14. The molecule has 0 aliphatic heterocycles. The van der Waals surface area contributed by atoms with Gasteiger partial charge in [-0.2, -0.15) is 0 Å². The van der Waals surface area contributed by atoms with Crippen molar-refractivity contribution in [3.8, 4) is 0 Å². The Labute approximate surface area is 104 Å². The summed E-state index contributed by atoms with van der Waals surface area (Å²) in [7, 11) is 0. The molecule has 1 nitrogen and oxygen atoms in total. The summed E-state index contributed by atoms with van der Waals surface area (Å²) in [6.07, 6.45) is 6.41. The summed E-state index contributed by atoms with van der Waals surface area (Å²) in [4.78, 5) is 10.2. The number of hydrogen-bond acceptors (Lipinski definition) is 1. The Balaban J connectivity index is 0.000000315. The minimum atomic E-state index is -0.198. The highest BCUT2D eigenvalue weighted by Crippen LogP contribution is 2.05. The second-order valence-corrected chi connectivity index (χ2v) is 4.10. The molecule has 2 heteroatoms. The zero-order valence-corrected chi connectivity index (χ0v) is 10.7. The molecular weight excluding hydrogens is 220 g/mol. The van der Waals surface area contributed by atoms with E-state index in [9.17, 15) is 4.79 Å². The Hall–Kier alpha value is -0.820. The Morgan fingerprint density at radius 2 is 1.31 bits per heavy atom. The van der Waals surface area contributed by atoms with Gasteiger partial charge in [0.25, 0.3) is 0 Å². The minimum Gasteiger partial charge on any atom is -0.281 e. The molecule has 0 atom stereocenters. The lowest BCUT2D eigenvalue weighted by molar-refractivity contribution is -0.111. The highest BCUT2D eigenvalue weighted by Gasteiger charge is 1.94. The standard InChI is InChI=1S/C8H15ClO.C6H6/c1-2-3-4-5-6-7-8(9)10;1-2-4-6-5-3-1/h2-7H2,1H3;1-6H. The predicted molar refractivity (Wildman–Crippen MR) is 70.7 cm³/mol. The molecule has 1 rings (SSSR count). The summed E-state index contributed by atoms with van der Waals surface area (Å²) in [6, 6.07) is 12.0. The fourth-order valence-electron chi connectivity index (χ4n) is 1.25. The van der Waals surface area contributed by atoms with Crippen molar-refractivity contribution in [1.29, 1.82) is 0 Å². The van der Waals surface area contributed by atoms with Gasteiger partial charge in [0.05, 0.1) is 0 Å². The molecule has 0 bridgehead atoms. The van der Waals surface area contributed by atoms with Crippen LogP contribution in [-0.4, -0.2) is 5.24 Å². The van der Waals surface area contributed by atoms with Gasteiger partial charge in [-0.25, -0.2) is 0 Å². The smallest absolute Gasteiger partial charge is 0.221 e. The number of unbranched alkanes of at least 4 members (excludes halogenated alkanes) is 4. The normalized spacial score (nSPS) is 9.12. The molecule has 0 aliphatic carbocycles. The molecule has 0 saturated carbocycles.